The molecule has 0 fully saturated rings. The van der Waals surface area contributed by atoms with Crippen LogP contribution in [0.5, 0.6) is 0 Å². The van der Waals surface area contributed by atoms with Crippen LogP contribution in [0.25, 0.3) is 0 Å². The number of thiophene rings is 1. The number of hydrogen-bond acceptors (Lipinski definition) is 2. The van der Waals surface area contributed by atoms with Gasteiger partial charge in [0.2, 0.25) is 0 Å². The van der Waals surface area contributed by atoms with Gasteiger partial charge >= 0.3 is 6.18 Å². The first-order valence-corrected chi connectivity index (χ1v) is 7.84. The molecule has 1 aromatic rings. The molecule has 0 aromatic carbocycles. The molecule has 0 aliphatic heterocycles. The molecule has 0 aliphatic carbocycles. The van der Waals surface area contributed by atoms with Gasteiger partial charge in [0.1, 0.15) is 6.61 Å². The maximum Gasteiger partial charge on any atom is 0.411 e. The molecule has 0 saturated heterocycles. The molecule has 98 valence electrons. The van der Waals surface area contributed by atoms with E-state index in [0.29, 0.717) is 6.42 Å². The Morgan fingerprint density at radius 2 is 2.00 bits per heavy atom. The van der Waals surface area contributed by atoms with Gasteiger partial charge in [-0.15, -0.1) is 11.3 Å². The average molecular weight is 461 g/mol. The van der Waals surface area contributed by atoms with Gasteiger partial charge in [-0.2, -0.15) is 13.2 Å². The molecule has 1 atom stereocenters. The monoisotopic (exact) mass is 458 g/mol. The molecule has 1 aromatic heterocycles. The minimum Gasteiger partial charge on any atom is -0.372 e. The fourth-order valence-corrected chi connectivity index (χ4v) is 3.74. The van der Waals surface area contributed by atoms with Crippen LogP contribution >= 0.6 is 59.1 Å². The first-order chi connectivity index (χ1) is 7.79. The third-order valence-electron chi connectivity index (χ3n) is 1.75. The van der Waals surface area contributed by atoms with Crippen molar-refractivity contribution < 1.29 is 17.9 Å². The maximum absolute atomic E-state index is 11.8. The van der Waals surface area contributed by atoms with Crippen molar-refractivity contribution in [1.82, 2.24) is 0 Å². The van der Waals surface area contributed by atoms with E-state index >= 15 is 0 Å². The van der Waals surface area contributed by atoms with Gasteiger partial charge in [0.25, 0.3) is 0 Å². The summed E-state index contributed by atoms with van der Waals surface area (Å²) in [5.41, 5.74) is 0. The van der Waals surface area contributed by atoms with E-state index in [1.165, 1.54) is 11.3 Å². The number of rotatable bonds is 5. The quantitative estimate of drug-likeness (QED) is 0.406. The van der Waals surface area contributed by atoms with Gasteiger partial charge in [-0.3, -0.25) is 0 Å². The summed E-state index contributed by atoms with van der Waals surface area (Å²) in [7, 11) is 0. The van der Waals surface area contributed by atoms with Crippen LogP contribution in [-0.4, -0.2) is 19.4 Å². The first kappa shape index (κ1) is 15.9. The summed E-state index contributed by atoms with van der Waals surface area (Å²) in [6.07, 6.45) is -3.76. The highest BCUT2D eigenvalue weighted by molar-refractivity contribution is 9.13. The van der Waals surface area contributed by atoms with Crippen LogP contribution in [0.4, 0.5) is 13.2 Å². The summed E-state index contributed by atoms with van der Waals surface area (Å²) in [4.78, 5) is 1.04. The molecule has 1 unspecified atom stereocenters. The molecule has 0 amide bonds. The van der Waals surface area contributed by atoms with E-state index in [-0.39, 0.29) is 11.4 Å². The summed E-state index contributed by atoms with van der Waals surface area (Å²) < 4.78 is 41.9. The van der Waals surface area contributed by atoms with E-state index in [1.54, 1.807) is 0 Å². The van der Waals surface area contributed by atoms with Crippen molar-refractivity contribution in [3.8, 4) is 0 Å². The average Bonchev–Trinajstić information content (AvgIpc) is 2.52. The third kappa shape index (κ3) is 6.04. The standard InChI is InChI=1S/C9H8Br3F3OS/c10-5(1-2-16-4-9(13,14)15)7-3-6(11)8(12)17-7/h3,5H,1-2,4H2. The van der Waals surface area contributed by atoms with Gasteiger partial charge < -0.3 is 4.74 Å². The summed E-state index contributed by atoms with van der Waals surface area (Å²) in [6.45, 7) is -1.12. The van der Waals surface area contributed by atoms with Crippen molar-refractivity contribution in [1.29, 1.82) is 0 Å². The fraction of sp³-hybridized carbons (Fsp3) is 0.556. The van der Waals surface area contributed by atoms with Gasteiger partial charge in [0, 0.05) is 16.0 Å². The molecule has 0 saturated carbocycles. The molecular formula is C9H8Br3F3OS. The lowest BCUT2D eigenvalue weighted by molar-refractivity contribution is -0.174. The molecule has 1 heterocycles. The minimum absolute atomic E-state index is 0.00309. The van der Waals surface area contributed by atoms with Crippen molar-refractivity contribution in [3.05, 3.63) is 19.2 Å². The summed E-state index contributed by atoms with van der Waals surface area (Å²) in [6, 6.07) is 1.93. The van der Waals surface area contributed by atoms with Crippen LogP contribution in [0.3, 0.4) is 0 Å². The van der Waals surface area contributed by atoms with Crippen LogP contribution in [0.1, 0.15) is 16.1 Å². The molecule has 17 heavy (non-hydrogen) atoms. The van der Waals surface area contributed by atoms with Crippen molar-refractivity contribution in [2.75, 3.05) is 13.2 Å². The second-order valence-electron chi connectivity index (χ2n) is 3.19. The SMILES string of the molecule is FC(F)(F)COCCC(Br)c1cc(Br)c(Br)s1. The van der Waals surface area contributed by atoms with Crippen LogP contribution < -0.4 is 0 Å². The van der Waals surface area contributed by atoms with E-state index in [0.717, 1.165) is 13.1 Å². The smallest absolute Gasteiger partial charge is 0.372 e. The Labute approximate surface area is 126 Å². The van der Waals surface area contributed by atoms with Gasteiger partial charge in [-0.1, -0.05) is 15.9 Å². The zero-order valence-electron chi connectivity index (χ0n) is 8.36. The molecule has 8 heteroatoms. The third-order valence-corrected chi connectivity index (χ3v) is 6.38. The van der Waals surface area contributed by atoms with Gasteiger partial charge in [0.05, 0.1) is 8.61 Å². The Morgan fingerprint density at radius 1 is 1.35 bits per heavy atom. The van der Waals surface area contributed by atoms with Gasteiger partial charge in [-0.05, 0) is 44.3 Å². The van der Waals surface area contributed by atoms with Crippen molar-refractivity contribution in [3.63, 3.8) is 0 Å². The van der Waals surface area contributed by atoms with E-state index < -0.39 is 12.8 Å². The molecule has 0 radical (unpaired) electrons. The lowest BCUT2D eigenvalue weighted by atomic mass is 10.3. The molecule has 0 bridgehead atoms. The highest BCUT2D eigenvalue weighted by Gasteiger charge is 2.27. The lowest BCUT2D eigenvalue weighted by Crippen LogP contribution is -2.17. The zero-order chi connectivity index (χ0) is 13.1. The minimum atomic E-state index is -4.25. The maximum atomic E-state index is 11.8. The normalized spacial score (nSPS) is 14.0. The van der Waals surface area contributed by atoms with Crippen molar-refractivity contribution in [2.24, 2.45) is 0 Å². The lowest BCUT2D eigenvalue weighted by Gasteiger charge is -2.10. The molecular weight excluding hydrogens is 453 g/mol. The fourth-order valence-electron chi connectivity index (χ4n) is 1.03. The second-order valence-corrected chi connectivity index (χ2v) is 7.56. The molecule has 0 spiro atoms. The highest BCUT2D eigenvalue weighted by Crippen LogP contribution is 2.39. The predicted molar refractivity (Wildman–Crippen MR) is 72.9 cm³/mol. The van der Waals surface area contributed by atoms with E-state index in [9.17, 15) is 13.2 Å². The first-order valence-electron chi connectivity index (χ1n) is 4.53. The van der Waals surface area contributed by atoms with Crippen LogP contribution in [0.2, 0.25) is 0 Å². The summed E-state index contributed by atoms with van der Waals surface area (Å²) >= 11 is 11.7. The van der Waals surface area contributed by atoms with Gasteiger partial charge in [0.15, 0.2) is 0 Å². The van der Waals surface area contributed by atoms with Crippen LogP contribution in [0, 0.1) is 0 Å². The summed E-state index contributed by atoms with van der Waals surface area (Å²) in [5, 5.41) is 0. The van der Waals surface area contributed by atoms with Crippen LogP contribution in [-0.2, 0) is 4.74 Å². The molecule has 0 aliphatic rings. The predicted octanol–water partition coefficient (Wildman–Crippen LogP) is 5.68. The largest absolute Gasteiger partial charge is 0.411 e. The highest BCUT2D eigenvalue weighted by atomic mass is 79.9. The number of ether oxygens (including phenoxy) is 1. The van der Waals surface area contributed by atoms with E-state index in [4.69, 9.17) is 0 Å². The molecule has 0 N–H and O–H groups in total. The Hall–Kier alpha value is 0.890. The summed E-state index contributed by atoms with van der Waals surface area (Å²) in [5.74, 6) is 0. The zero-order valence-corrected chi connectivity index (χ0v) is 13.9. The number of halogens is 6. The molecule has 1 nitrogen and oxygen atoms in total. The van der Waals surface area contributed by atoms with Gasteiger partial charge in [-0.25, -0.2) is 0 Å². The second kappa shape index (κ2) is 6.88. The molecule has 1 rings (SSSR count). The van der Waals surface area contributed by atoms with E-state index in [2.05, 4.69) is 52.5 Å². The van der Waals surface area contributed by atoms with Crippen molar-refractivity contribution in [2.45, 2.75) is 17.4 Å². The topological polar surface area (TPSA) is 9.23 Å². The van der Waals surface area contributed by atoms with Crippen LogP contribution in [0.15, 0.2) is 14.3 Å². The Kier molecular flexibility index (Phi) is 6.46. The number of alkyl halides is 4. The van der Waals surface area contributed by atoms with Crippen molar-refractivity contribution >= 4 is 59.1 Å². The Morgan fingerprint density at radius 3 is 2.47 bits per heavy atom. The van der Waals surface area contributed by atoms with E-state index in [1.807, 2.05) is 6.07 Å². The Balaban J connectivity index is 2.33. The number of hydrogen-bond donors (Lipinski definition) is 0. The Bertz CT molecular complexity index is 347.